The lowest BCUT2D eigenvalue weighted by molar-refractivity contribution is 0.445. The summed E-state index contributed by atoms with van der Waals surface area (Å²) in [7, 11) is 4.17. The van der Waals surface area contributed by atoms with E-state index >= 15 is 0 Å². The molecule has 0 bridgehead atoms. The van der Waals surface area contributed by atoms with E-state index in [-0.39, 0.29) is 5.54 Å². The summed E-state index contributed by atoms with van der Waals surface area (Å²) in [4.78, 5) is 4.94. The second-order valence-electron chi connectivity index (χ2n) is 6.59. The Morgan fingerprint density at radius 3 is 2.60 bits per heavy atom. The van der Waals surface area contributed by atoms with Crippen molar-refractivity contribution in [3.63, 3.8) is 0 Å². The number of nitrogens with zero attached hydrogens (tertiary/aromatic N) is 2. The summed E-state index contributed by atoms with van der Waals surface area (Å²) in [6.07, 6.45) is 5.30. The van der Waals surface area contributed by atoms with Crippen molar-refractivity contribution in [2.45, 2.75) is 51.0 Å². The molecule has 0 spiro atoms. The highest BCUT2D eigenvalue weighted by molar-refractivity contribution is 5.77. The summed E-state index contributed by atoms with van der Waals surface area (Å²) >= 11 is 0. The summed E-state index contributed by atoms with van der Waals surface area (Å²) in [6.45, 7) is 4.41. The number of imidazole rings is 1. The molecule has 0 saturated heterocycles. The molecular formula is C17H25N3. The Labute approximate surface area is 121 Å². The van der Waals surface area contributed by atoms with Crippen molar-refractivity contribution in [2.75, 3.05) is 7.05 Å². The summed E-state index contributed by atoms with van der Waals surface area (Å²) in [5, 5.41) is 3.36. The fourth-order valence-electron chi connectivity index (χ4n) is 3.30. The van der Waals surface area contributed by atoms with Gasteiger partial charge >= 0.3 is 0 Å². The smallest absolute Gasteiger partial charge is 0.112 e. The van der Waals surface area contributed by atoms with Gasteiger partial charge in [-0.3, -0.25) is 0 Å². The maximum Gasteiger partial charge on any atom is 0.112 e. The van der Waals surface area contributed by atoms with Gasteiger partial charge in [-0.1, -0.05) is 18.9 Å². The van der Waals surface area contributed by atoms with Crippen LogP contribution in [0.1, 0.15) is 56.8 Å². The van der Waals surface area contributed by atoms with Gasteiger partial charge in [0.15, 0.2) is 0 Å². The van der Waals surface area contributed by atoms with Gasteiger partial charge < -0.3 is 9.88 Å². The van der Waals surface area contributed by atoms with E-state index in [0.717, 1.165) is 5.52 Å². The average molecular weight is 271 g/mol. The number of nitrogens with one attached hydrogen (secondary N) is 1. The van der Waals surface area contributed by atoms with E-state index in [0.29, 0.717) is 5.92 Å². The standard InChI is InChI=1S/C17H25N3/c1-17(2,18-3)13-9-10-15-14(11-13)19-16(20(15)4)12-7-5-6-8-12/h9-12,18H,5-8H2,1-4H3. The SMILES string of the molecule is CNC(C)(C)c1ccc2c(c1)nc(C1CCCC1)n2C. The van der Waals surface area contributed by atoms with Crippen molar-refractivity contribution >= 4 is 11.0 Å². The first-order valence-electron chi connectivity index (χ1n) is 7.68. The fourth-order valence-corrected chi connectivity index (χ4v) is 3.30. The second kappa shape index (κ2) is 4.88. The van der Waals surface area contributed by atoms with Crippen molar-refractivity contribution in [1.82, 2.24) is 14.9 Å². The molecule has 3 heteroatoms. The molecule has 1 saturated carbocycles. The second-order valence-corrected chi connectivity index (χ2v) is 6.59. The normalized spacial score (nSPS) is 17.2. The molecular weight excluding hydrogens is 246 g/mol. The third kappa shape index (κ3) is 2.14. The minimum Gasteiger partial charge on any atom is -0.331 e. The first kappa shape index (κ1) is 13.6. The molecule has 0 radical (unpaired) electrons. The molecule has 0 amide bonds. The molecule has 1 aliphatic carbocycles. The van der Waals surface area contributed by atoms with E-state index in [4.69, 9.17) is 4.98 Å². The Bertz CT molecular complexity index is 618. The van der Waals surface area contributed by atoms with E-state index in [1.54, 1.807) is 0 Å². The van der Waals surface area contributed by atoms with Gasteiger partial charge in [0.1, 0.15) is 5.82 Å². The molecule has 1 heterocycles. The number of hydrogen-bond donors (Lipinski definition) is 1. The first-order valence-corrected chi connectivity index (χ1v) is 7.68. The van der Waals surface area contributed by atoms with Gasteiger partial charge in [-0.05, 0) is 51.4 Å². The zero-order chi connectivity index (χ0) is 14.3. The third-order valence-corrected chi connectivity index (χ3v) is 4.98. The number of benzene rings is 1. The molecule has 0 aliphatic heterocycles. The summed E-state index contributed by atoms with van der Waals surface area (Å²) in [5.74, 6) is 1.94. The predicted molar refractivity (Wildman–Crippen MR) is 84.0 cm³/mol. The molecule has 1 fully saturated rings. The van der Waals surface area contributed by atoms with Crippen LogP contribution in [0.25, 0.3) is 11.0 Å². The van der Waals surface area contributed by atoms with E-state index in [1.807, 2.05) is 7.05 Å². The Morgan fingerprint density at radius 1 is 1.25 bits per heavy atom. The van der Waals surface area contributed by atoms with Crippen molar-refractivity contribution < 1.29 is 0 Å². The van der Waals surface area contributed by atoms with Gasteiger partial charge in [-0.15, -0.1) is 0 Å². The van der Waals surface area contributed by atoms with Gasteiger partial charge in [0.2, 0.25) is 0 Å². The zero-order valence-corrected chi connectivity index (χ0v) is 13.0. The Morgan fingerprint density at radius 2 is 1.95 bits per heavy atom. The Hall–Kier alpha value is -1.35. The summed E-state index contributed by atoms with van der Waals surface area (Å²) < 4.78 is 2.29. The molecule has 0 unspecified atom stereocenters. The maximum absolute atomic E-state index is 4.94. The van der Waals surface area contributed by atoms with Crippen molar-refractivity contribution in [3.05, 3.63) is 29.6 Å². The van der Waals surface area contributed by atoms with Gasteiger partial charge in [-0.2, -0.15) is 0 Å². The molecule has 1 aromatic heterocycles. The van der Waals surface area contributed by atoms with Crippen molar-refractivity contribution in [2.24, 2.45) is 7.05 Å². The summed E-state index contributed by atoms with van der Waals surface area (Å²) in [5.41, 5.74) is 3.67. The van der Waals surface area contributed by atoms with Gasteiger partial charge in [0, 0.05) is 18.5 Å². The number of hydrogen-bond acceptors (Lipinski definition) is 2. The average Bonchev–Trinajstić information content (AvgIpc) is 3.06. The molecule has 3 nitrogen and oxygen atoms in total. The minimum atomic E-state index is -0.0146. The maximum atomic E-state index is 4.94. The Balaban J connectivity index is 2.07. The molecule has 20 heavy (non-hydrogen) atoms. The van der Waals surface area contributed by atoms with E-state index < -0.39 is 0 Å². The lowest BCUT2D eigenvalue weighted by atomic mass is 9.94. The van der Waals surface area contributed by atoms with E-state index in [9.17, 15) is 0 Å². The third-order valence-electron chi connectivity index (χ3n) is 4.98. The highest BCUT2D eigenvalue weighted by Crippen LogP contribution is 2.35. The van der Waals surface area contributed by atoms with Crippen LogP contribution in [0.3, 0.4) is 0 Å². The number of aromatic nitrogens is 2. The van der Waals surface area contributed by atoms with Crippen LogP contribution < -0.4 is 5.32 Å². The minimum absolute atomic E-state index is 0.0146. The monoisotopic (exact) mass is 271 g/mol. The molecule has 1 aliphatic rings. The molecule has 108 valence electrons. The van der Waals surface area contributed by atoms with Crippen molar-refractivity contribution in [3.8, 4) is 0 Å². The van der Waals surface area contributed by atoms with Crippen LogP contribution in [0.5, 0.6) is 0 Å². The van der Waals surface area contributed by atoms with Crippen LogP contribution in [0.2, 0.25) is 0 Å². The molecule has 2 aromatic rings. The first-order chi connectivity index (χ1) is 9.53. The van der Waals surface area contributed by atoms with E-state index in [2.05, 4.69) is 49.0 Å². The molecule has 0 atom stereocenters. The highest BCUT2D eigenvalue weighted by atomic mass is 15.1. The van der Waals surface area contributed by atoms with Crippen LogP contribution in [0.4, 0.5) is 0 Å². The van der Waals surface area contributed by atoms with Crippen LogP contribution in [-0.2, 0) is 12.6 Å². The van der Waals surface area contributed by atoms with E-state index in [1.165, 1.54) is 42.6 Å². The molecule has 3 rings (SSSR count). The quantitative estimate of drug-likeness (QED) is 0.922. The molecule has 1 aromatic carbocycles. The lowest BCUT2D eigenvalue weighted by Crippen LogP contribution is -2.32. The van der Waals surface area contributed by atoms with Gasteiger partial charge in [0.25, 0.3) is 0 Å². The number of aryl methyl sites for hydroxylation is 1. The van der Waals surface area contributed by atoms with Crippen LogP contribution in [-0.4, -0.2) is 16.6 Å². The fraction of sp³-hybridized carbons (Fsp3) is 0.588. The zero-order valence-electron chi connectivity index (χ0n) is 13.0. The summed E-state index contributed by atoms with van der Waals surface area (Å²) in [6, 6.07) is 6.68. The van der Waals surface area contributed by atoms with Crippen LogP contribution in [0, 0.1) is 0 Å². The number of fused-ring (bicyclic) bond motifs is 1. The predicted octanol–water partition coefficient (Wildman–Crippen LogP) is 3.69. The van der Waals surface area contributed by atoms with Crippen LogP contribution in [0.15, 0.2) is 18.2 Å². The molecule has 1 N–H and O–H groups in total. The number of rotatable bonds is 3. The van der Waals surface area contributed by atoms with Gasteiger partial charge in [-0.25, -0.2) is 4.98 Å². The van der Waals surface area contributed by atoms with Crippen molar-refractivity contribution in [1.29, 1.82) is 0 Å². The highest BCUT2D eigenvalue weighted by Gasteiger charge is 2.24. The van der Waals surface area contributed by atoms with Crippen LogP contribution >= 0.6 is 0 Å². The lowest BCUT2D eigenvalue weighted by Gasteiger charge is -2.24. The Kier molecular flexibility index (Phi) is 3.33. The van der Waals surface area contributed by atoms with Gasteiger partial charge in [0.05, 0.1) is 11.0 Å². The largest absolute Gasteiger partial charge is 0.331 e. The topological polar surface area (TPSA) is 29.9 Å².